The third kappa shape index (κ3) is 4.44. The molecule has 3 N–H and O–H groups in total. The first kappa shape index (κ1) is 14.1. The molecule has 0 aliphatic rings. The summed E-state index contributed by atoms with van der Waals surface area (Å²) in [7, 11) is 0. The largest absolute Gasteiger partial charge is 0.271 e. The zero-order valence-electron chi connectivity index (χ0n) is 11.1. The van der Waals surface area contributed by atoms with Crippen LogP contribution in [0, 0.1) is 0 Å². The predicted molar refractivity (Wildman–Crippen MR) is 72.4 cm³/mol. The van der Waals surface area contributed by atoms with Gasteiger partial charge in [-0.05, 0) is 30.0 Å². The second-order valence-electron chi connectivity index (χ2n) is 4.50. The van der Waals surface area contributed by atoms with E-state index in [0.29, 0.717) is 0 Å². The highest BCUT2D eigenvalue weighted by molar-refractivity contribution is 5.26. The fraction of sp³-hybridized carbons (Fsp3) is 0.643. The molecule has 0 saturated carbocycles. The summed E-state index contributed by atoms with van der Waals surface area (Å²) in [6, 6.07) is 2.35. The fourth-order valence-electron chi connectivity index (χ4n) is 2.18. The van der Waals surface area contributed by atoms with Crippen molar-refractivity contribution in [3.05, 3.63) is 29.6 Å². The molecule has 0 amide bonds. The van der Waals surface area contributed by atoms with Gasteiger partial charge in [-0.15, -0.1) is 0 Å². The highest BCUT2D eigenvalue weighted by Gasteiger charge is 2.12. The van der Waals surface area contributed by atoms with Crippen molar-refractivity contribution in [3.8, 4) is 0 Å². The molecule has 0 bridgehead atoms. The molecular formula is C14H25N3. The summed E-state index contributed by atoms with van der Waals surface area (Å²) in [5.41, 5.74) is 5.55. The van der Waals surface area contributed by atoms with Gasteiger partial charge in [0.05, 0.1) is 0 Å². The lowest BCUT2D eigenvalue weighted by Crippen LogP contribution is -2.28. The Labute approximate surface area is 105 Å². The van der Waals surface area contributed by atoms with Gasteiger partial charge in [0, 0.05) is 18.4 Å². The lowest BCUT2D eigenvalue weighted by Gasteiger charge is -2.18. The van der Waals surface area contributed by atoms with E-state index in [1.54, 1.807) is 0 Å². The maximum atomic E-state index is 5.67. The van der Waals surface area contributed by atoms with Gasteiger partial charge in [-0.25, -0.2) is 0 Å². The van der Waals surface area contributed by atoms with Crippen LogP contribution in [-0.2, 0) is 6.42 Å². The number of hydrogen-bond donors (Lipinski definition) is 2. The molecule has 0 aliphatic heterocycles. The fourth-order valence-corrected chi connectivity index (χ4v) is 2.18. The Hall–Kier alpha value is -0.930. The monoisotopic (exact) mass is 235 g/mol. The first-order valence-electron chi connectivity index (χ1n) is 6.72. The van der Waals surface area contributed by atoms with Crippen LogP contribution in [0.4, 0.5) is 0 Å². The van der Waals surface area contributed by atoms with Crippen molar-refractivity contribution < 1.29 is 0 Å². The van der Waals surface area contributed by atoms with E-state index >= 15 is 0 Å². The van der Waals surface area contributed by atoms with Gasteiger partial charge in [-0.1, -0.05) is 39.5 Å². The topological polar surface area (TPSA) is 50.9 Å². The maximum absolute atomic E-state index is 5.67. The van der Waals surface area contributed by atoms with E-state index < -0.39 is 0 Å². The molecule has 1 aromatic rings. The van der Waals surface area contributed by atoms with Crippen LogP contribution in [0.1, 0.15) is 63.1 Å². The number of rotatable bonds is 8. The highest BCUT2D eigenvalue weighted by Crippen LogP contribution is 2.22. The predicted octanol–water partition coefficient (Wildman–Crippen LogP) is 3.12. The number of hydrogen-bond acceptors (Lipinski definition) is 3. The number of unbranched alkanes of at least 4 members (excludes halogenated alkanes) is 3. The van der Waals surface area contributed by atoms with Crippen LogP contribution in [0.2, 0.25) is 0 Å². The number of pyridine rings is 1. The molecule has 0 fully saturated rings. The molecule has 96 valence electrons. The number of aryl methyl sites for hydroxylation is 1. The number of nitrogens with zero attached hydrogens (tertiary/aromatic N) is 1. The minimum atomic E-state index is 0.268. The molecule has 17 heavy (non-hydrogen) atoms. The van der Waals surface area contributed by atoms with E-state index in [1.165, 1.54) is 36.8 Å². The Bertz CT molecular complexity index is 312. The van der Waals surface area contributed by atoms with E-state index in [-0.39, 0.29) is 6.04 Å². The summed E-state index contributed by atoms with van der Waals surface area (Å²) in [6.45, 7) is 4.39. The van der Waals surface area contributed by atoms with Crippen molar-refractivity contribution in [3.63, 3.8) is 0 Å². The molecule has 3 nitrogen and oxygen atoms in total. The van der Waals surface area contributed by atoms with Crippen LogP contribution in [0.3, 0.4) is 0 Å². The molecule has 0 spiro atoms. The molecule has 1 rings (SSSR count). The van der Waals surface area contributed by atoms with E-state index in [2.05, 4.69) is 30.3 Å². The van der Waals surface area contributed by atoms with Crippen molar-refractivity contribution in [2.75, 3.05) is 0 Å². The van der Waals surface area contributed by atoms with E-state index in [1.807, 2.05) is 12.4 Å². The van der Waals surface area contributed by atoms with Crippen LogP contribution >= 0.6 is 0 Å². The van der Waals surface area contributed by atoms with Crippen molar-refractivity contribution >= 4 is 0 Å². The quantitative estimate of drug-likeness (QED) is 0.413. The van der Waals surface area contributed by atoms with Crippen molar-refractivity contribution in [1.82, 2.24) is 10.4 Å². The summed E-state index contributed by atoms with van der Waals surface area (Å²) in [4.78, 5) is 4.17. The molecule has 0 radical (unpaired) electrons. The lowest BCUT2D eigenvalue weighted by atomic mass is 9.96. The molecule has 0 saturated heterocycles. The summed E-state index contributed by atoms with van der Waals surface area (Å²) >= 11 is 0. The van der Waals surface area contributed by atoms with Gasteiger partial charge in [-0.2, -0.15) is 0 Å². The van der Waals surface area contributed by atoms with Crippen molar-refractivity contribution in [2.24, 2.45) is 5.84 Å². The van der Waals surface area contributed by atoms with E-state index in [0.717, 1.165) is 12.8 Å². The third-order valence-corrected chi connectivity index (χ3v) is 3.25. The number of nitrogens with one attached hydrogen (secondary N) is 1. The van der Waals surface area contributed by atoms with Gasteiger partial charge >= 0.3 is 0 Å². The third-order valence-electron chi connectivity index (χ3n) is 3.25. The zero-order chi connectivity index (χ0) is 12.5. The second-order valence-corrected chi connectivity index (χ2v) is 4.50. The zero-order valence-corrected chi connectivity index (χ0v) is 11.1. The molecule has 1 atom stereocenters. The number of hydrazine groups is 1. The Balaban J connectivity index is 2.59. The highest BCUT2D eigenvalue weighted by atomic mass is 15.2. The summed E-state index contributed by atoms with van der Waals surface area (Å²) in [5.74, 6) is 5.67. The average molecular weight is 235 g/mol. The molecule has 1 unspecified atom stereocenters. The molecule has 1 aromatic heterocycles. The standard InChI is InChI=1S/C14H25N3/c1-3-5-6-7-8-14(17-15)13-9-10-16-11-12(13)4-2/h9-11,14,17H,3-8,15H2,1-2H3. The van der Waals surface area contributed by atoms with Crippen LogP contribution in [0.25, 0.3) is 0 Å². The van der Waals surface area contributed by atoms with Gasteiger partial charge in [0.15, 0.2) is 0 Å². The molecule has 3 heteroatoms. The minimum Gasteiger partial charge on any atom is -0.271 e. The van der Waals surface area contributed by atoms with Crippen LogP contribution < -0.4 is 11.3 Å². The van der Waals surface area contributed by atoms with E-state index in [9.17, 15) is 0 Å². The van der Waals surface area contributed by atoms with Crippen molar-refractivity contribution in [2.45, 2.75) is 58.4 Å². The molecule has 0 aliphatic carbocycles. The molecule has 1 heterocycles. The SMILES string of the molecule is CCCCCCC(NN)c1ccncc1CC. The number of aromatic nitrogens is 1. The first-order chi connectivity index (χ1) is 8.33. The van der Waals surface area contributed by atoms with Gasteiger partial charge in [0.25, 0.3) is 0 Å². The Morgan fingerprint density at radius 1 is 1.29 bits per heavy atom. The Morgan fingerprint density at radius 3 is 2.76 bits per heavy atom. The van der Waals surface area contributed by atoms with E-state index in [4.69, 9.17) is 5.84 Å². The summed E-state index contributed by atoms with van der Waals surface area (Å²) in [5, 5.41) is 0. The van der Waals surface area contributed by atoms with Crippen LogP contribution in [0.15, 0.2) is 18.5 Å². The second kappa shape index (κ2) is 8.20. The maximum Gasteiger partial charge on any atom is 0.0463 e. The average Bonchev–Trinajstić information content (AvgIpc) is 2.39. The minimum absolute atomic E-state index is 0.268. The normalized spacial score (nSPS) is 12.6. The first-order valence-corrected chi connectivity index (χ1v) is 6.72. The van der Waals surface area contributed by atoms with Gasteiger partial charge < -0.3 is 0 Å². The Morgan fingerprint density at radius 2 is 2.12 bits per heavy atom. The van der Waals surface area contributed by atoms with Gasteiger partial charge in [-0.3, -0.25) is 16.3 Å². The Kier molecular flexibility index (Phi) is 6.82. The molecule has 0 aromatic carbocycles. The van der Waals surface area contributed by atoms with Crippen LogP contribution in [-0.4, -0.2) is 4.98 Å². The van der Waals surface area contributed by atoms with Gasteiger partial charge in [0.1, 0.15) is 0 Å². The summed E-state index contributed by atoms with van der Waals surface area (Å²) < 4.78 is 0. The smallest absolute Gasteiger partial charge is 0.0463 e. The van der Waals surface area contributed by atoms with Crippen molar-refractivity contribution in [1.29, 1.82) is 0 Å². The van der Waals surface area contributed by atoms with Gasteiger partial charge in [0.2, 0.25) is 0 Å². The molecular weight excluding hydrogens is 210 g/mol. The summed E-state index contributed by atoms with van der Waals surface area (Å²) in [6.07, 6.45) is 11.0. The lowest BCUT2D eigenvalue weighted by molar-refractivity contribution is 0.479. The van der Waals surface area contributed by atoms with Crippen LogP contribution in [0.5, 0.6) is 0 Å². The number of nitrogens with two attached hydrogens (primary N) is 1.